The molecule has 0 bridgehead atoms. The van der Waals surface area contributed by atoms with Crippen LogP contribution in [-0.2, 0) is 4.79 Å². The van der Waals surface area contributed by atoms with Crippen molar-refractivity contribution in [1.29, 1.82) is 0 Å². The van der Waals surface area contributed by atoms with E-state index in [9.17, 15) is 9.59 Å². The molecule has 3 nitrogen and oxygen atoms in total. The second-order valence-corrected chi connectivity index (χ2v) is 3.93. The van der Waals surface area contributed by atoms with Crippen molar-refractivity contribution in [2.75, 3.05) is 0 Å². The summed E-state index contributed by atoms with van der Waals surface area (Å²) < 4.78 is 1.59. The normalized spacial score (nSPS) is 11.2. The zero-order valence-electron chi connectivity index (χ0n) is 9.81. The predicted octanol–water partition coefficient (Wildman–Crippen LogP) is 2.90. The Bertz CT molecular complexity index is 620. The Morgan fingerprint density at radius 3 is 2.53 bits per heavy atom. The van der Waals surface area contributed by atoms with Crippen LogP contribution in [-0.4, -0.2) is 16.3 Å². The van der Waals surface area contributed by atoms with E-state index < -0.39 is 0 Å². The molecule has 0 aliphatic rings. The molecule has 0 aliphatic carbocycles. The lowest BCUT2D eigenvalue weighted by Crippen LogP contribution is -2.02. The molecule has 0 N–H and O–H groups in total. The summed E-state index contributed by atoms with van der Waals surface area (Å²) in [6, 6.07) is 7.63. The molecule has 1 aromatic carbocycles. The molecule has 0 amide bonds. The first-order chi connectivity index (χ1) is 8.09. The molecule has 1 heterocycles. The van der Waals surface area contributed by atoms with E-state index in [1.807, 2.05) is 24.3 Å². The van der Waals surface area contributed by atoms with Gasteiger partial charge >= 0.3 is 0 Å². The number of fused-ring (bicyclic) bond motifs is 1. The maximum atomic E-state index is 11.5. The lowest BCUT2D eigenvalue weighted by atomic mass is 10.1. The van der Waals surface area contributed by atoms with Crippen LogP contribution in [0.2, 0.25) is 0 Å². The average molecular weight is 227 g/mol. The van der Waals surface area contributed by atoms with Crippen LogP contribution in [0.1, 0.15) is 24.2 Å². The molecule has 0 fully saturated rings. The minimum absolute atomic E-state index is 0.00958. The number of para-hydroxylation sites is 1. The second kappa shape index (κ2) is 4.37. The van der Waals surface area contributed by atoms with E-state index in [1.54, 1.807) is 16.8 Å². The number of benzene rings is 1. The van der Waals surface area contributed by atoms with Crippen LogP contribution in [0.15, 0.2) is 36.5 Å². The Hall–Kier alpha value is -2.16. The van der Waals surface area contributed by atoms with Crippen molar-refractivity contribution in [3.05, 3.63) is 42.1 Å². The van der Waals surface area contributed by atoms with E-state index in [-0.39, 0.29) is 11.7 Å². The van der Waals surface area contributed by atoms with Gasteiger partial charge in [-0.05, 0) is 25.1 Å². The molecule has 2 rings (SSSR count). The first-order valence-electron chi connectivity index (χ1n) is 5.39. The number of allylic oxidation sites excluding steroid dienone is 1. The maximum absolute atomic E-state index is 11.5. The molecule has 0 saturated carbocycles. The van der Waals surface area contributed by atoms with Crippen molar-refractivity contribution >= 4 is 28.7 Å². The smallest absolute Gasteiger partial charge is 0.227 e. The first-order valence-corrected chi connectivity index (χ1v) is 5.39. The average Bonchev–Trinajstić information content (AvgIpc) is 2.65. The van der Waals surface area contributed by atoms with Gasteiger partial charge in [0.05, 0.1) is 5.52 Å². The fourth-order valence-electron chi connectivity index (χ4n) is 1.81. The van der Waals surface area contributed by atoms with Gasteiger partial charge in [0.2, 0.25) is 5.91 Å². The Morgan fingerprint density at radius 1 is 1.18 bits per heavy atom. The van der Waals surface area contributed by atoms with E-state index in [2.05, 4.69) is 0 Å². The number of nitrogens with zero attached hydrogens (tertiary/aromatic N) is 1. The highest BCUT2D eigenvalue weighted by atomic mass is 16.1. The molecule has 17 heavy (non-hydrogen) atoms. The molecule has 0 saturated heterocycles. The summed E-state index contributed by atoms with van der Waals surface area (Å²) in [6.45, 7) is 3.02. The summed E-state index contributed by atoms with van der Waals surface area (Å²) in [5.74, 6) is -0.0478. The number of hydrogen-bond acceptors (Lipinski definition) is 2. The van der Waals surface area contributed by atoms with Gasteiger partial charge in [-0.25, -0.2) is 0 Å². The SMILES string of the molecule is CC(=O)C=Cc1cn(C(C)=O)c2ccccc12. The predicted molar refractivity (Wildman–Crippen MR) is 68.0 cm³/mol. The minimum Gasteiger partial charge on any atom is -0.295 e. The fraction of sp³-hybridized carbons (Fsp3) is 0.143. The molecular weight excluding hydrogens is 214 g/mol. The zero-order chi connectivity index (χ0) is 12.4. The Balaban J connectivity index is 2.64. The summed E-state index contributed by atoms with van der Waals surface area (Å²) in [4.78, 5) is 22.4. The standard InChI is InChI=1S/C14H13NO2/c1-10(16)7-8-12-9-15(11(2)17)14-6-4-3-5-13(12)14/h3-9H,1-2H3. The molecule has 86 valence electrons. The molecule has 0 aliphatic heterocycles. The minimum atomic E-state index is -0.0383. The largest absolute Gasteiger partial charge is 0.295 e. The monoisotopic (exact) mass is 227 g/mol. The van der Waals surface area contributed by atoms with Gasteiger partial charge in [0, 0.05) is 24.1 Å². The number of hydrogen-bond donors (Lipinski definition) is 0. The van der Waals surface area contributed by atoms with Crippen LogP contribution >= 0.6 is 0 Å². The molecule has 0 radical (unpaired) electrons. The van der Waals surface area contributed by atoms with E-state index in [4.69, 9.17) is 0 Å². The van der Waals surface area contributed by atoms with Crippen LogP contribution in [0.4, 0.5) is 0 Å². The summed E-state index contributed by atoms with van der Waals surface area (Å²) >= 11 is 0. The molecular formula is C14H13NO2. The Labute approximate surface area is 99.4 Å². The second-order valence-electron chi connectivity index (χ2n) is 3.93. The number of rotatable bonds is 2. The van der Waals surface area contributed by atoms with Crippen molar-refractivity contribution in [2.45, 2.75) is 13.8 Å². The topological polar surface area (TPSA) is 39.1 Å². The van der Waals surface area contributed by atoms with Crippen LogP contribution in [0.5, 0.6) is 0 Å². The third-order valence-corrected chi connectivity index (χ3v) is 2.58. The van der Waals surface area contributed by atoms with Gasteiger partial charge in [0.1, 0.15) is 0 Å². The number of ketones is 1. The lowest BCUT2D eigenvalue weighted by Gasteiger charge is -1.96. The summed E-state index contributed by atoms with van der Waals surface area (Å²) in [6.07, 6.45) is 5.00. The van der Waals surface area contributed by atoms with Crippen molar-refractivity contribution in [3.8, 4) is 0 Å². The van der Waals surface area contributed by atoms with Gasteiger partial charge in [-0.15, -0.1) is 0 Å². The Kier molecular flexibility index (Phi) is 2.91. The van der Waals surface area contributed by atoms with Crippen LogP contribution in [0.25, 0.3) is 17.0 Å². The van der Waals surface area contributed by atoms with E-state index >= 15 is 0 Å². The van der Waals surface area contributed by atoms with Crippen LogP contribution in [0.3, 0.4) is 0 Å². The fourth-order valence-corrected chi connectivity index (χ4v) is 1.81. The van der Waals surface area contributed by atoms with Crippen LogP contribution < -0.4 is 0 Å². The van der Waals surface area contributed by atoms with Gasteiger partial charge in [-0.1, -0.05) is 18.2 Å². The van der Waals surface area contributed by atoms with Crippen molar-refractivity contribution in [3.63, 3.8) is 0 Å². The van der Waals surface area contributed by atoms with Gasteiger partial charge in [0.25, 0.3) is 0 Å². The molecule has 2 aromatic rings. The van der Waals surface area contributed by atoms with Crippen molar-refractivity contribution < 1.29 is 9.59 Å². The van der Waals surface area contributed by atoms with Gasteiger partial charge < -0.3 is 0 Å². The van der Waals surface area contributed by atoms with Gasteiger partial charge in [0.15, 0.2) is 5.78 Å². The van der Waals surface area contributed by atoms with Gasteiger partial charge in [-0.3, -0.25) is 14.2 Å². The zero-order valence-corrected chi connectivity index (χ0v) is 9.81. The highest BCUT2D eigenvalue weighted by molar-refractivity contribution is 5.99. The van der Waals surface area contributed by atoms with E-state index in [0.717, 1.165) is 16.5 Å². The quantitative estimate of drug-likeness (QED) is 0.740. The third-order valence-electron chi connectivity index (χ3n) is 2.58. The molecule has 0 atom stereocenters. The number of carbonyl (C=O) groups excluding carboxylic acids is 2. The molecule has 0 unspecified atom stereocenters. The third kappa shape index (κ3) is 2.18. The first kappa shape index (κ1) is 11.3. The number of carbonyl (C=O) groups is 2. The van der Waals surface area contributed by atoms with Crippen molar-refractivity contribution in [1.82, 2.24) is 4.57 Å². The summed E-state index contributed by atoms with van der Waals surface area (Å²) in [5, 5.41) is 0.972. The van der Waals surface area contributed by atoms with Crippen molar-refractivity contribution in [2.24, 2.45) is 0 Å². The molecule has 0 spiro atoms. The highest BCUT2D eigenvalue weighted by Crippen LogP contribution is 2.22. The van der Waals surface area contributed by atoms with E-state index in [0.29, 0.717) is 0 Å². The summed E-state index contributed by atoms with van der Waals surface area (Å²) in [5.41, 5.74) is 1.74. The number of aromatic nitrogens is 1. The lowest BCUT2D eigenvalue weighted by molar-refractivity contribution is -0.112. The van der Waals surface area contributed by atoms with E-state index in [1.165, 1.54) is 19.9 Å². The van der Waals surface area contributed by atoms with Crippen LogP contribution in [0, 0.1) is 0 Å². The highest BCUT2D eigenvalue weighted by Gasteiger charge is 2.08. The Morgan fingerprint density at radius 2 is 1.88 bits per heavy atom. The molecule has 3 heteroatoms. The van der Waals surface area contributed by atoms with Gasteiger partial charge in [-0.2, -0.15) is 0 Å². The summed E-state index contributed by atoms with van der Waals surface area (Å²) in [7, 11) is 0. The molecule has 1 aromatic heterocycles. The maximum Gasteiger partial charge on any atom is 0.227 e.